The van der Waals surface area contributed by atoms with Crippen molar-refractivity contribution in [2.75, 3.05) is 123 Å². The van der Waals surface area contributed by atoms with Crippen LogP contribution in [0.4, 0.5) is 4.39 Å². The van der Waals surface area contributed by atoms with E-state index in [0.717, 1.165) is 96.5 Å². The lowest BCUT2D eigenvalue weighted by molar-refractivity contribution is 0.309. The molecule has 0 amide bonds. The summed E-state index contributed by atoms with van der Waals surface area (Å²) in [4.78, 5) is 13.4. The topological polar surface area (TPSA) is 109 Å². The molecule has 0 spiro atoms. The van der Waals surface area contributed by atoms with E-state index in [1.54, 1.807) is 56.0 Å². The van der Waals surface area contributed by atoms with Gasteiger partial charge in [0.1, 0.15) is 150 Å². The summed E-state index contributed by atoms with van der Waals surface area (Å²) in [7, 11) is 4.17. The van der Waals surface area contributed by atoms with Gasteiger partial charge in [0.25, 0.3) is 0 Å². The van der Waals surface area contributed by atoms with Crippen LogP contribution >= 0.6 is 0 Å². The monoisotopic (exact) mass is 2110 g/mol. The van der Waals surface area contributed by atoms with Crippen molar-refractivity contribution in [1.82, 2.24) is 0 Å². The standard InChI is InChI=1S/C22H31O2S.C18H23OS.C14H14O2S.C14H14OS.2C14H15S.C12H16OS.C10H12FS.C10H13S/c1-3-5-13-23-18-9-10-19-20(17-18)22(25-15-7-8-16-25)12-11-21(19)24-14-6-4-2;1-2-3-12-19-17-10-11-18(20-13-6-7-14-20)16-9-5-4-8-15(16)17;15-10-3-4-11-12(9-10)14(6-5-13(11)16)17-7-1-2-8-17;15-13-7-8-14(16-9-3-4-10-16)12-6-2-1-5-11(12)13;1-2-8-13-12(6-1)7-5-9-14(13)15-10-3-4-11-15;1-2-6-13-11-14(8-7-12(13)5-1)15-9-3-4-10-15;1-9-7-11(8-10(2)12(9)13)14-5-3-4-6-14;11-9-3-5-10(6-4-9)12-7-1-2-8-12;1-2-6-10(7-3-1)11-8-4-5-9-11/h9-12,17H,3-8,13-16H2,1-2H3;4-5,8-11H,2-3,6-7,12-14H2,1H3;3-6,9H,1-2,7-8H2,(H-,15,16);1-2,5-8H,3-4,9-10H2;1-2,5-9H,3-4,10-11H2;1-2,5-8,11H,3-4,9-10H2;7-8H,3-6H2,1-2H3;3-6H,1-2,7-8H2;1-3,6-7H,4-5,8-9H2/q2*+1;;;2*+1;;2*+1/p+3. The van der Waals surface area contributed by atoms with Gasteiger partial charge in [0, 0.05) is 153 Å². The molecule has 0 atom stereocenters. The minimum Gasteiger partial charge on any atom is -0.508 e. The van der Waals surface area contributed by atoms with Gasteiger partial charge in [0.15, 0.2) is 44.1 Å². The zero-order valence-corrected chi connectivity index (χ0v) is 93.9. The minimum absolute atomic E-state index is 0.124. The highest BCUT2D eigenvalue weighted by Gasteiger charge is 2.37. The number of hydrogen-bond donors (Lipinski definition) is 4. The zero-order chi connectivity index (χ0) is 100. The molecule has 7 nitrogen and oxygen atoms in total. The van der Waals surface area contributed by atoms with Gasteiger partial charge >= 0.3 is 0 Å². The number of benzene rings is 15. The molecule has 17 heteroatoms. The van der Waals surface area contributed by atoms with Crippen molar-refractivity contribution in [3.05, 3.63) is 302 Å². The molecule has 15 aromatic rings. The fourth-order valence-electron chi connectivity index (χ4n) is 20.5. The highest BCUT2D eigenvalue weighted by atomic mass is 32.2. The number of fused-ring (bicyclic) bond motifs is 6. The van der Waals surface area contributed by atoms with Gasteiger partial charge in [-0.1, -0.05) is 149 Å². The van der Waals surface area contributed by atoms with Gasteiger partial charge in [0.05, 0.1) is 19.8 Å². The number of phenols is 4. The Labute approximate surface area is 892 Å². The van der Waals surface area contributed by atoms with E-state index in [0.29, 0.717) is 115 Å². The molecule has 9 aliphatic heterocycles. The van der Waals surface area contributed by atoms with Crippen molar-refractivity contribution in [1.29, 1.82) is 0 Å². The molecule has 0 aliphatic carbocycles. The van der Waals surface area contributed by atoms with Crippen LogP contribution in [0.15, 0.2) is 329 Å². The Hall–Kier alpha value is -8.46. The Morgan fingerprint density at radius 2 is 0.566 bits per heavy atom. The summed E-state index contributed by atoms with van der Waals surface area (Å²) in [6.07, 6.45) is 31.7. The number of aromatic hydroxyl groups is 4. The van der Waals surface area contributed by atoms with Gasteiger partial charge in [-0.2, -0.15) is 0 Å². The number of unbranched alkanes of at least 4 members (excludes halogenated alkanes) is 3. The second-order valence-corrected chi connectivity index (χ2v) is 59.4. The van der Waals surface area contributed by atoms with Crippen molar-refractivity contribution >= 4 is 163 Å². The first-order chi connectivity index (χ1) is 71.2. The van der Waals surface area contributed by atoms with E-state index in [-0.39, 0.29) is 11.6 Å². The largest absolute Gasteiger partial charge is 0.508 e. The fourth-order valence-corrected chi connectivity index (χ4v) is 42.4. The average Bonchev–Trinajstić information content (AvgIpc) is 1.76. The van der Waals surface area contributed by atoms with Crippen LogP contribution in [-0.4, -0.2) is 144 Å². The van der Waals surface area contributed by atoms with E-state index in [9.17, 15) is 24.8 Å². The smallest absolute Gasteiger partial charge is 0.163 e. The number of hydrogen-bond acceptors (Lipinski definition) is 7. The third-order valence-corrected chi connectivity index (χ3v) is 51.1. The highest BCUT2D eigenvalue weighted by Crippen LogP contribution is 2.43. The molecule has 4 N–H and O–H groups in total. The SMILES string of the molecule is CCCCOc1ccc([S+]2CCCC2)c2ccccc12.CCCCOc1ccc2c(OCCCC)ccc([S+]3CCCC3)c2c1.Cc1cc([S+]2CCCC2)cc(C)c1O.Fc1ccc([S+]2CCCC2)cc1.Oc1ccc([S+]2CCCC2)c2ccccc12.Oc1ccc2c(O)ccc([S+]3CCCC3)c2c1.c1ccc([S+]2CCCC2)cc1.c1ccc2c([S+]3CCCC3)cccc2c1.c1ccc2cc([S+]3CCCC3)ccc2c1. The maximum absolute atomic E-state index is 12.6. The van der Waals surface area contributed by atoms with E-state index in [4.69, 9.17) is 14.2 Å². The van der Waals surface area contributed by atoms with Crippen molar-refractivity contribution in [3.63, 3.8) is 0 Å². The summed E-state index contributed by atoms with van der Waals surface area (Å²) in [6.45, 7) is 13.0. The van der Waals surface area contributed by atoms with E-state index < -0.39 is 0 Å². The van der Waals surface area contributed by atoms with Crippen LogP contribution < -0.4 is 14.2 Å². The van der Waals surface area contributed by atoms with Gasteiger partial charge in [-0.3, -0.25) is 0 Å². The Kier molecular flexibility index (Phi) is 43.3. The predicted molar refractivity (Wildman–Crippen MR) is 642 cm³/mol. The van der Waals surface area contributed by atoms with Crippen molar-refractivity contribution < 1.29 is 39.0 Å². The second-order valence-electron chi connectivity index (χ2n) is 39.1. The Morgan fingerprint density at radius 3 is 1.04 bits per heavy atom. The van der Waals surface area contributed by atoms with E-state index in [1.165, 1.54) is 299 Å². The summed E-state index contributed by atoms with van der Waals surface area (Å²) >= 11 is 0. The average molecular weight is 2110 g/mol. The van der Waals surface area contributed by atoms with Crippen LogP contribution in [0, 0.1) is 19.7 Å². The Morgan fingerprint density at radius 1 is 0.234 bits per heavy atom. The number of rotatable bonds is 21. The number of halogens is 1. The quantitative estimate of drug-likeness (QED) is 0.0419. The molecule has 9 saturated heterocycles. The van der Waals surface area contributed by atoms with Crippen molar-refractivity contribution in [2.45, 2.75) is 233 Å². The molecule has 0 unspecified atom stereocenters. The molecule has 9 fully saturated rings. The molecular formula is C128H156FO7S9+9. The molecule has 9 heterocycles. The summed E-state index contributed by atoms with van der Waals surface area (Å²) in [5, 5.41) is 54.0. The minimum atomic E-state index is -0.124. The van der Waals surface area contributed by atoms with Gasteiger partial charge in [-0.05, 0) is 346 Å². The first-order valence-corrected chi connectivity index (χ1v) is 68.1. The maximum atomic E-state index is 12.6. The lowest BCUT2D eigenvalue weighted by Crippen LogP contribution is -2.06. The van der Waals surface area contributed by atoms with E-state index >= 15 is 0 Å². The maximum Gasteiger partial charge on any atom is 0.163 e. The normalized spacial score (nSPS) is 16.8. The van der Waals surface area contributed by atoms with Crippen molar-refractivity contribution in [2.24, 2.45) is 0 Å². The van der Waals surface area contributed by atoms with Gasteiger partial charge in [-0.25, -0.2) is 4.39 Å². The lowest BCUT2D eigenvalue weighted by Gasteiger charge is -2.13. The van der Waals surface area contributed by atoms with Crippen LogP contribution in [0.1, 0.15) is 186 Å². The summed E-state index contributed by atoms with van der Waals surface area (Å²) in [5.74, 6) is 28.8. The molecule has 9 aliphatic rings. The first kappa shape index (κ1) is 109. The van der Waals surface area contributed by atoms with Gasteiger partial charge in [0.2, 0.25) is 0 Å². The molecule has 15 aromatic carbocycles. The lowest BCUT2D eigenvalue weighted by atomic mass is 10.1. The fraction of sp³-hybridized carbons (Fsp3) is 0.391. The summed E-state index contributed by atoms with van der Waals surface area (Å²) < 4.78 is 30.6. The molecule has 24 rings (SSSR count). The van der Waals surface area contributed by atoms with Crippen LogP contribution in [-0.2, 0) is 98.1 Å². The Balaban J connectivity index is 0.000000118. The van der Waals surface area contributed by atoms with Crippen LogP contribution in [0.3, 0.4) is 0 Å². The Bertz CT molecular complexity index is 6490. The number of ether oxygens (including phenoxy) is 3. The van der Waals surface area contributed by atoms with E-state index in [2.05, 4.69) is 233 Å². The van der Waals surface area contributed by atoms with Gasteiger partial charge < -0.3 is 34.6 Å². The summed E-state index contributed by atoms with van der Waals surface area (Å²) in [6, 6.07) is 98.9. The molecule has 0 bridgehead atoms. The van der Waals surface area contributed by atoms with Crippen LogP contribution in [0.5, 0.6) is 40.2 Å². The van der Waals surface area contributed by atoms with Crippen LogP contribution in [0.2, 0.25) is 0 Å². The summed E-state index contributed by atoms with van der Waals surface area (Å²) in [5.41, 5.74) is 2.05. The second kappa shape index (κ2) is 57.5. The third-order valence-electron chi connectivity index (χ3n) is 28.5. The molecule has 145 heavy (non-hydrogen) atoms. The highest BCUT2D eigenvalue weighted by molar-refractivity contribution is 7.99. The molecule has 762 valence electrons. The molecule has 0 radical (unpaired) electrons. The van der Waals surface area contributed by atoms with Crippen LogP contribution in [0.25, 0.3) is 64.6 Å². The van der Waals surface area contributed by atoms with Gasteiger partial charge in [-0.15, -0.1) is 0 Å². The van der Waals surface area contributed by atoms with Crippen molar-refractivity contribution in [3.8, 4) is 40.2 Å². The first-order valence-electron chi connectivity index (χ1n) is 54.0. The molecule has 0 saturated carbocycles. The predicted octanol–water partition coefficient (Wildman–Crippen LogP) is 32.2. The third kappa shape index (κ3) is 30.7. The number of phenolic OH excluding ortho intramolecular Hbond substituents is 4. The molecule has 0 aromatic heterocycles. The van der Waals surface area contributed by atoms with E-state index in [1.807, 2.05) is 50.2 Å². The number of aryl methyl sites for hydroxylation is 2. The zero-order valence-electron chi connectivity index (χ0n) is 86.5. The molecular weight excluding hydrogens is 1960 g/mol.